The lowest BCUT2D eigenvalue weighted by atomic mass is 9.88. The zero-order valence-corrected chi connectivity index (χ0v) is 27.1. The smallest absolute Gasteiger partial charge is 0.328 e. The molecule has 2 atom stereocenters. The first-order valence-electron chi connectivity index (χ1n) is 14.5. The molecular weight excluding hydrogens is 664 g/mol. The number of hydrazine groups is 2. The van der Waals surface area contributed by atoms with E-state index in [2.05, 4.69) is 45.1 Å². The summed E-state index contributed by atoms with van der Waals surface area (Å²) in [6.45, 7) is 4.53. The second-order valence-electron chi connectivity index (χ2n) is 10.4. The number of hydrogen-bond acceptors (Lipinski definition) is 14. The Kier molecular flexibility index (Phi) is 20.9. The Morgan fingerprint density at radius 2 is 0.820 bits per heavy atom. The maximum absolute atomic E-state index is 9.55. The standard InChI is InChI=1S/2C9H14N4.3C4H4O4/c2*1-6-2-3-8-7(4-6)5-9(11-10)13-12-8;3*5-3(6)1-2-4(7)8/h2*5-6H,2-4,10H2,1H3,(H,11,13);3*1-2H,(H,5,6)(H,7,8)/b;;3*2-1+. The maximum Gasteiger partial charge on any atom is 0.328 e. The summed E-state index contributed by atoms with van der Waals surface area (Å²) in [5.41, 5.74) is 9.90. The van der Waals surface area contributed by atoms with E-state index < -0.39 is 35.8 Å². The largest absolute Gasteiger partial charge is 0.478 e. The van der Waals surface area contributed by atoms with Crippen LogP contribution in [0.25, 0.3) is 0 Å². The third kappa shape index (κ3) is 21.5. The van der Waals surface area contributed by atoms with Crippen molar-refractivity contribution in [2.45, 2.75) is 52.4 Å². The van der Waals surface area contributed by atoms with Gasteiger partial charge in [0.1, 0.15) is 0 Å². The second kappa shape index (κ2) is 23.9. The van der Waals surface area contributed by atoms with Gasteiger partial charge in [-0.15, -0.1) is 10.2 Å². The topological polar surface area (TPSA) is 351 Å². The molecule has 2 aliphatic rings. The van der Waals surface area contributed by atoms with Crippen LogP contribution in [0.15, 0.2) is 48.6 Å². The summed E-state index contributed by atoms with van der Waals surface area (Å²) in [6, 6.07) is 4.00. The molecule has 0 radical (unpaired) electrons. The molecular formula is C30H40N8O12. The van der Waals surface area contributed by atoms with Crippen LogP contribution < -0.4 is 22.5 Å². The molecule has 0 fully saturated rings. The molecule has 0 bridgehead atoms. The van der Waals surface area contributed by atoms with Gasteiger partial charge < -0.3 is 41.5 Å². The van der Waals surface area contributed by atoms with E-state index in [1.807, 2.05) is 12.1 Å². The highest BCUT2D eigenvalue weighted by molar-refractivity contribution is 5.90. The fourth-order valence-corrected chi connectivity index (χ4v) is 3.98. The average Bonchev–Trinajstić information content (AvgIpc) is 3.06. The van der Waals surface area contributed by atoms with Crippen molar-refractivity contribution in [2.24, 2.45) is 23.5 Å². The van der Waals surface area contributed by atoms with Crippen LogP contribution in [0.3, 0.4) is 0 Å². The lowest BCUT2D eigenvalue weighted by molar-refractivity contribution is -0.134. The average molecular weight is 705 g/mol. The Morgan fingerprint density at radius 1 is 0.560 bits per heavy atom. The van der Waals surface area contributed by atoms with Crippen molar-refractivity contribution in [3.05, 3.63) is 71.1 Å². The molecule has 0 saturated heterocycles. The Hall–Kier alpha value is -6.28. The maximum atomic E-state index is 9.55. The minimum Gasteiger partial charge on any atom is -0.478 e. The van der Waals surface area contributed by atoms with Gasteiger partial charge in [0.15, 0.2) is 11.6 Å². The van der Waals surface area contributed by atoms with Gasteiger partial charge >= 0.3 is 35.8 Å². The first-order valence-corrected chi connectivity index (χ1v) is 14.5. The normalized spacial score (nSPS) is 15.4. The number of carboxylic acid groups (broad SMARTS) is 6. The quantitative estimate of drug-likeness (QED) is 0.104. The lowest BCUT2D eigenvalue weighted by Crippen LogP contribution is -2.16. The molecule has 20 nitrogen and oxygen atoms in total. The second-order valence-corrected chi connectivity index (χ2v) is 10.4. The number of anilines is 2. The molecule has 12 N–H and O–H groups in total. The third-order valence-electron chi connectivity index (χ3n) is 6.21. The zero-order chi connectivity index (χ0) is 38.2. The highest BCUT2D eigenvalue weighted by Gasteiger charge is 2.18. The fourth-order valence-electron chi connectivity index (χ4n) is 3.98. The van der Waals surface area contributed by atoms with Crippen LogP contribution in [0.2, 0.25) is 0 Å². The van der Waals surface area contributed by atoms with Crippen LogP contribution in [0.4, 0.5) is 11.6 Å². The van der Waals surface area contributed by atoms with E-state index in [9.17, 15) is 28.8 Å². The van der Waals surface area contributed by atoms with Gasteiger partial charge in [0.2, 0.25) is 0 Å². The predicted molar refractivity (Wildman–Crippen MR) is 175 cm³/mol. The zero-order valence-electron chi connectivity index (χ0n) is 27.1. The molecule has 0 aliphatic heterocycles. The number of carboxylic acids is 6. The van der Waals surface area contributed by atoms with Crippen LogP contribution in [0.5, 0.6) is 0 Å². The van der Waals surface area contributed by atoms with Gasteiger partial charge in [-0.1, -0.05) is 13.8 Å². The van der Waals surface area contributed by atoms with Crippen molar-refractivity contribution in [3.8, 4) is 0 Å². The van der Waals surface area contributed by atoms with E-state index in [1.165, 1.54) is 24.0 Å². The van der Waals surface area contributed by atoms with Gasteiger partial charge in [-0.2, -0.15) is 10.2 Å². The van der Waals surface area contributed by atoms with Gasteiger partial charge in [0.25, 0.3) is 0 Å². The Morgan fingerprint density at radius 3 is 1.04 bits per heavy atom. The molecule has 4 rings (SSSR count). The van der Waals surface area contributed by atoms with Crippen molar-refractivity contribution in [1.29, 1.82) is 0 Å². The van der Waals surface area contributed by atoms with Gasteiger partial charge in [0, 0.05) is 36.5 Å². The Labute approximate surface area is 285 Å². The van der Waals surface area contributed by atoms with Crippen molar-refractivity contribution >= 4 is 47.5 Å². The van der Waals surface area contributed by atoms with Crippen LogP contribution in [0, 0.1) is 11.8 Å². The lowest BCUT2D eigenvalue weighted by Gasteiger charge is -2.19. The number of aromatic nitrogens is 4. The molecule has 0 aromatic carbocycles. The molecule has 2 aromatic rings. The molecule has 20 heteroatoms. The van der Waals surface area contributed by atoms with Crippen LogP contribution in [-0.4, -0.2) is 86.8 Å². The predicted octanol–water partition coefficient (Wildman–Crippen LogP) is 0.909. The summed E-state index contributed by atoms with van der Waals surface area (Å²) >= 11 is 0. The highest BCUT2D eigenvalue weighted by Crippen LogP contribution is 2.25. The monoisotopic (exact) mass is 704 g/mol. The summed E-state index contributed by atoms with van der Waals surface area (Å²) < 4.78 is 0. The van der Waals surface area contributed by atoms with Crippen molar-refractivity contribution in [2.75, 3.05) is 10.9 Å². The van der Waals surface area contributed by atoms with Gasteiger partial charge in [-0.3, -0.25) is 0 Å². The third-order valence-corrected chi connectivity index (χ3v) is 6.21. The van der Waals surface area contributed by atoms with Crippen molar-refractivity contribution in [3.63, 3.8) is 0 Å². The Balaban J connectivity index is 0.000000616. The summed E-state index contributed by atoms with van der Waals surface area (Å²) in [5, 5.41) is 63.0. The summed E-state index contributed by atoms with van der Waals surface area (Å²) in [4.78, 5) is 57.3. The molecule has 50 heavy (non-hydrogen) atoms. The molecule has 0 spiro atoms. The molecule has 2 aliphatic carbocycles. The first-order chi connectivity index (χ1) is 23.5. The van der Waals surface area contributed by atoms with Crippen molar-refractivity contribution < 1.29 is 59.4 Å². The molecule has 2 unspecified atom stereocenters. The van der Waals surface area contributed by atoms with E-state index in [0.29, 0.717) is 48.1 Å². The van der Waals surface area contributed by atoms with Crippen molar-refractivity contribution in [1.82, 2.24) is 20.4 Å². The minimum atomic E-state index is -1.26. The Bertz CT molecular complexity index is 1370. The number of aliphatic carboxylic acids is 6. The van der Waals surface area contributed by atoms with E-state index in [1.54, 1.807) is 0 Å². The van der Waals surface area contributed by atoms with Crippen LogP contribution in [0.1, 0.15) is 49.2 Å². The van der Waals surface area contributed by atoms with Crippen LogP contribution in [-0.2, 0) is 54.5 Å². The van der Waals surface area contributed by atoms with E-state index in [4.69, 9.17) is 42.3 Å². The molecule has 272 valence electrons. The minimum absolute atomic E-state index is 0.558. The molecule has 2 heterocycles. The number of nitrogen functional groups attached to an aromatic ring is 2. The first kappa shape index (κ1) is 43.7. The fraction of sp³-hybridized carbons (Fsp3) is 0.333. The summed E-state index contributed by atoms with van der Waals surface area (Å²) in [5.74, 6) is 5.81. The van der Waals surface area contributed by atoms with Crippen LogP contribution >= 0.6 is 0 Å². The number of nitrogens with one attached hydrogen (secondary N) is 2. The van der Waals surface area contributed by atoms with E-state index in [-0.39, 0.29) is 0 Å². The number of aryl methyl sites for hydroxylation is 2. The van der Waals surface area contributed by atoms with E-state index in [0.717, 1.165) is 48.9 Å². The molecule has 0 amide bonds. The SMILES string of the molecule is CC1CCc2nnc(NN)cc2C1.CC1CCc2nnc(NN)cc2C1.O=C(O)/C=C/C(=O)O.O=C(O)/C=C/C(=O)O.O=C(O)/C=C/C(=O)O. The number of hydrogen-bond donors (Lipinski definition) is 10. The van der Waals surface area contributed by atoms with Gasteiger partial charge in [0.05, 0.1) is 11.4 Å². The molecule has 2 aromatic heterocycles. The number of fused-ring (bicyclic) bond motifs is 2. The van der Waals surface area contributed by atoms with E-state index >= 15 is 0 Å². The highest BCUT2D eigenvalue weighted by atomic mass is 16.4. The van der Waals surface area contributed by atoms with Gasteiger partial charge in [-0.05, 0) is 73.6 Å². The summed E-state index contributed by atoms with van der Waals surface area (Å²) in [7, 11) is 0. The molecule has 0 saturated carbocycles. The number of carbonyl (C=O) groups is 6. The number of rotatable bonds is 8. The van der Waals surface area contributed by atoms with Gasteiger partial charge in [-0.25, -0.2) is 40.5 Å². The number of nitrogens with two attached hydrogens (primary N) is 2. The summed E-state index contributed by atoms with van der Waals surface area (Å²) in [6.07, 6.45) is 10.1. The number of nitrogens with zero attached hydrogens (tertiary/aromatic N) is 4.